The van der Waals surface area contributed by atoms with Gasteiger partial charge in [0.1, 0.15) is 5.75 Å². The Morgan fingerprint density at radius 2 is 2.42 bits per heavy atom. The Morgan fingerprint density at radius 3 is 3.11 bits per heavy atom. The third-order valence-electron chi connectivity index (χ3n) is 3.38. The number of nitrogens with one attached hydrogen (secondary N) is 2. The summed E-state index contributed by atoms with van der Waals surface area (Å²) in [7, 11) is 1.61. The first-order valence-corrected chi connectivity index (χ1v) is 7.32. The van der Waals surface area contributed by atoms with Crippen LogP contribution in [0.5, 0.6) is 5.75 Å². The summed E-state index contributed by atoms with van der Waals surface area (Å²) in [6, 6.07) is 5.55. The number of amides is 1. The molecule has 104 valence electrons. The Kier molecular flexibility index (Phi) is 5.22. The lowest BCUT2D eigenvalue weighted by atomic mass is 10.0. The number of hydrogen-bond acceptors (Lipinski definition) is 3. The highest BCUT2D eigenvalue weighted by Crippen LogP contribution is 2.28. The fourth-order valence-electron chi connectivity index (χ4n) is 2.26. The molecule has 0 aromatic heterocycles. The largest absolute Gasteiger partial charge is 0.495 e. The molecule has 2 N–H and O–H groups in total. The van der Waals surface area contributed by atoms with E-state index in [1.54, 1.807) is 7.11 Å². The summed E-state index contributed by atoms with van der Waals surface area (Å²) < 4.78 is 6.08. The quantitative estimate of drug-likeness (QED) is 0.874. The van der Waals surface area contributed by atoms with Gasteiger partial charge in [0.05, 0.1) is 11.6 Å². The zero-order valence-electron chi connectivity index (χ0n) is 11.0. The van der Waals surface area contributed by atoms with E-state index in [0.717, 1.165) is 35.4 Å². The molecule has 1 amide bonds. The summed E-state index contributed by atoms with van der Waals surface area (Å²) in [6.45, 7) is 2.12. The van der Waals surface area contributed by atoms with Crippen LogP contribution in [0.25, 0.3) is 0 Å². The van der Waals surface area contributed by atoms with Crippen molar-refractivity contribution >= 4 is 27.5 Å². The molecule has 0 bridgehead atoms. The SMILES string of the molecule is COc1cc(NC(=O)CCC2CCNC2)ccc1Br. The van der Waals surface area contributed by atoms with E-state index in [0.29, 0.717) is 12.3 Å². The van der Waals surface area contributed by atoms with E-state index < -0.39 is 0 Å². The number of anilines is 1. The van der Waals surface area contributed by atoms with Gasteiger partial charge in [-0.1, -0.05) is 0 Å². The molecule has 1 aromatic rings. The number of methoxy groups -OCH3 is 1. The summed E-state index contributed by atoms with van der Waals surface area (Å²) in [6.07, 6.45) is 2.70. The molecule has 4 nitrogen and oxygen atoms in total. The zero-order valence-corrected chi connectivity index (χ0v) is 12.6. The van der Waals surface area contributed by atoms with Crippen LogP contribution < -0.4 is 15.4 Å². The van der Waals surface area contributed by atoms with Gasteiger partial charge >= 0.3 is 0 Å². The third-order valence-corrected chi connectivity index (χ3v) is 4.03. The topological polar surface area (TPSA) is 50.4 Å². The maximum absolute atomic E-state index is 11.9. The maximum Gasteiger partial charge on any atom is 0.224 e. The number of carbonyl (C=O) groups excluding carboxylic acids is 1. The van der Waals surface area contributed by atoms with E-state index >= 15 is 0 Å². The van der Waals surface area contributed by atoms with Crippen molar-refractivity contribution in [2.75, 3.05) is 25.5 Å². The molecule has 1 fully saturated rings. The van der Waals surface area contributed by atoms with Gasteiger partial charge < -0.3 is 15.4 Å². The highest BCUT2D eigenvalue weighted by atomic mass is 79.9. The van der Waals surface area contributed by atoms with Crippen molar-refractivity contribution in [1.29, 1.82) is 0 Å². The number of ether oxygens (including phenoxy) is 1. The molecule has 1 heterocycles. The Hall–Kier alpha value is -1.07. The fraction of sp³-hybridized carbons (Fsp3) is 0.500. The van der Waals surface area contributed by atoms with Crippen molar-refractivity contribution < 1.29 is 9.53 Å². The van der Waals surface area contributed by atoms with Gasteiger partial charge in [-0.25, -0.2) is 0 Å². The van der Waals surface area contributed by atoms with Gasteiger partial charge in [0.25, 0.3) is 0 Å². The number of carbonyl (C=O) groups is 1. The second-order valence-corrected chi connectivity index (χ2v) is 5.65. The first-order chi connectivity index (χ1) is 9.19. The van der Waals surface area contributed by atoms with Crippen LogP contribution >= 0.6 is 15.9 Å². The average molecular weight is 327 g/mol. The predicted octanol–water partition coefficient (Wildman–Crippen LogP) is 2.79. The normalized spacial score (nSPS) is 18.3. The van der Waals surface area contributed by atoms with Gasteiger partial charge in [-0.05, 0) is 59.9 Å². The predicted molar refractivity (Wildman–Crippen MR) is 79.5 cm³/mol. The van der Waals surface area contributed by atoms with E-state index in [2.05, 4.69) is 26.6 Å². The summed E-state index contributed by atoms with van der Waals surface area (Å²) in [5.74, 6) is 1.43. The molecule has 1 unspecified atom stereocenters. The monoisotopic (exact) mass is 326 g/mol. The zero-order chi connectivity index (χ0) is 13.7. The van der Waals surface area contributed by atoms with Gasteiger partial charge in [-0.15, -0.1) is 0 Å². The Balaban J connectivity index is 1.84. The molecule has 1 atom stereocenters. The van der Waals surface area contributed by atoms with Gasteiger partial charge in [-0.3, -0.25) is 4.79 Å². The molecule has 0 saturated carbocycles. The lowest BCUT2D eigenvalue weighted by Crippen LogP contribution is -2.15. The Labute approximate surface area is 122 Å². The standard InChI is InChI=1S/C14H19BrN2O2/c1-19-13-8-11(3-4-12(13)15)17-14(18)5-2-10-6-7-16-9-10/h3-4,8,10,16H,2,5-7,9H2,1H3,(H,17,18). The molecule has 1 aliphatic rings. The molecule has 19 heavy (non-hydrogen) atoms. The molecule has 5 heteroatoms. The van der Waals surface area contributed by atoms with Crippen LogP contribution in [0.1, 0.15) is 19.3 Å². The minimum Gasteiger partial charge on any atom is -0.495 e. The molecule has 2 rings (SSSR count). The smallest absolute Gasteiger partial charge is 0.224 e. The number of hydrogen-bond donors (Lipinski definition) is 2. The van der Waals surface area contributed by atoms with Crippen LogP contribution in [0.15, 0.2) is 22.7 Å². The van der Waals surface area contributed by atoms with Crippen molar-refractivity contribution in [3.05, 3.63) is 22.7 Å². The van der Waals surface area contributed by atoms with Crippen LogP contribution in [-0.4, -0.2) is 26.1 Å². The Bertz CT molecular complexity index is 445. The second-order valence-electron chi connectivity index (χ2n) is 4.80. The van der Waals surface area contributed by atoms with Crippen molar-refractivity contribution in [3.8, 4) is 5.75 Å². The number of rotatable bonds is 5. The van der Waals surface area contributed by atoms with Crippen LogP contribution in [0, 0.1) is 5.92 Å². The first-order valence-electron chi connectivity index (χ1n) is 6.53. The van der Waals surface area contributed by atoms with E-state index in [-0.39, 0.29) is 5.91 Å². The van der Waals surface area contributed by atoms with E-state index in [4.69, 9.17) is 4.74 Å². The average Bonchev–Trinajstić information content (AvgIpc) is 2.92. The molecule has 0 aliphatic carbocycles. The molecule has 1 saturated heterocycles. The summed E-state index contributed by atoms with van der Waals surface area (Å²) in [5, 5.41) is 6.22. The molecule has 1 aliphatic heterocycles. The van der Waals surface area contributed by atoms with Crippen LogP contribution in [0.2, 0.25) is 0 Å². The van der Waals surface area contributed by atoms with Gasteiger partial charge in [-0.2, -0.15) is 0 Å². The van der Waals surface area contributed by atoms with E-state index in [9.17, 15) is 4.79 Å². The number of halogens is 1. The fourth-order valence-corrected chi connectivity index (χ4v) is 2.67. The van der Waals surface area contributed by atoms with Crippen molar-refractivity contribution in [2.45, 2.75) is 19.3 Å². The van der Waals surface area contributed by atoms with Crippen LogP contribution in [-0.2, 0) is 4.79 Å². The first kappa shape index (κ1) is 14.3. The van der Waals surface area contributed by atoms with Crippen molar-refractivity contribution in [1.82, 2.24) is 5.32 Å². The highest BCUT2D eigenvalue weighted by Gasteiger charge is 2.15. The van der Waals surface area contributed by atoms with Gasteiger partial charge in [0.2, 0.25) is 5.91 Å². The lowest BCUT2D eigenvalue weighted by molar-refractivity contribution is -0.116. The van der Waals surface area contributed by atoms with Crippen molar-refractivity contribution in [2.24, 2.45) is 5.92 Å². The molecular weight excluding hydrogens is 308 g/mol. The summed E-state index contributed by atoms with van der Waals surface area (Å²) in [4.78, 5) is 11.9. The Morgan fingerprint density at radius 1 is 1.58 bits per heavy atom. The van der Waals surface area contributed by atoms with Crippen molar-refractivity contribution in [3.63, 3.8) is 0 Å². The molecule has 1 aromatic carbocycles. The number of benzene rings is 1. The summed E-state index contributed by atoms with van der Waals surface area (Å²) >= 11 is 3.39. The van der Waals surface area contributed by atoms with E-state index in [1.807, 2.05) is 18.2 Å². The van der Waals surface area contributed by atoms with Crippen LogP contribution in [0.3, 0.4) is 0 Å². The lowest BCUT2D eigenvalue weighted by Gasteiger charge is -2.10. The second kappa shape index (κ2) is 6.91. The molecular formula is C14H19BrN2O2. The minimum absolute atomic E-state index is 0.0660. The maximum atomic E-state index is 11.9. The molecule has 0 spiro atoms. The third kappa shape index (κ3) is 4.21. The molecule has 0 radical (unpaired) electrons. The van der Waals surface area contributed by atoms with Crippen LogP contribution in [0.4, 0.5) is 5.69 Å². The van der Waals surface area contributed by atoms with E-state index in [1.165, 1.54) is 6.42 Å². The summed E-state index contributed by atoms with van der Waals surface area (Å²) in [5.41, 5.74) is 0.773. The van der Waals surface area contributed by atoms with Gasteiger partial charge in [0, 0.05) is 18.2 Å². The van der Waals surface area contributed by atoms with Gasteiger partial charge in [0.15, 0.2) is 0 Å². The minimum atomic E-state index is 0.0660. The highest BCUT2D eigenvalue weighted by molar-refractivity contribution is 9.10.